The maximum atomic E-state index is 2.51. The molecule has 0 aliphatic heterocycles. The van der Waals surface area contributed by atoms with Gasteiger partial charge in [0.05, 0.1) is 0 Å². The van der Waals surface area contributed by atoms with E-state index in [1.54, 1.807) is 12.8 Å². The van der Waals surface area contributed by atoms with Crippen LogP contribution in [0.15, 0.2) is 0 Å². The third kappa shape index (κ3) is 3.95. The summed E-state index contributed by atoms with van der Waals surface area (Å²) in [7, 11) is 0. The number of hydrogen-bond acceptors (Lipinski definition) is 0. The molecular weight excluding hydrogens is 290 g/mol. The molecule has 15 heavy (non-hydrogen) atoms. The van der Waals surface area contributed by atoms with Crippen LogP contribution in [0.2, 0.25) is 10.6 Å². The quantitative estimate of drug-likeness (QED) is 0.567. The van der Waals surface area contributed by atoms with Crippen molar-refractivity contribution in [2.75, 3.05) is 0 Å². The number of rotatable bonds is 1. The molecule has 0 heterocycles. The van der Waals surface area contributed by atoms with Crippen LogP contribution in [0.1, 0.15) is 73.6 Å². The van der Waals surface area contributed by atoms with Crippen molar-refractivity contribution >= 4 is 20.2 Å². The van der Waals surface area contributed by atoms with Crippen molar-refractivity contribution in [1.82, 2.24) is 0 Å². The second-order valence-corrected chi connectivity index (χ2v) is 18.9. The van der Waals surface area contributed by atoms with Gasteiger partial charge in [-0.25, -0.2) is 0 Å². The Bertz CT molecular complexity index is 174. The molecule has 0 spiro atoms. The van der Waals surface area contributed by atoms with Crippen LogP contribution in [0.4, 0.5) is 0 Å². The Morgan fingerprint density at radius 3 is 1.47 bits per heavy atom. The van der Waals surface area contributed by atoms with Crippen LogP contribution in [0.5, 0.6) is 0 Å². The SMILES string of the molecule is C[C](C)(C)[Sb]([CH]1CCCCC1)[C](C)(C)C. The first-order valence-electron chi connectivity index (χ1n) is 6.52. The van der Waals surface area contributed by atoms with E-state index in [1.807, 2.05) is 0 Å². The summed E-state index contributed by atoms with van der Waals surface area (Å²) < 4.78 is 2.44. The van der Waals surface area contributed by atoms with Crippen molar-refractivity contribution in [3.63, 3.8) is 0 Å². The van der Waals surface area contributed by atoms with Crippen molar-refractivity contribution < 1.29 is 0 Å². The molecule has 0 aromatic rings. The van der Waals surface area contributed by atoms with Gasteiger partial charge in [0.25, 0.3) is 0 Å². The van der Waals surface area contributed by atoms with Crippen LogP contribution in [0.25, 0.3) is 0 Å². The van der Waals surface area contributed by atoms with Gasteiger partial charge >= 0.3 is 104 Å². The molecule has 1 saturated carbocycles. The zero-order chi connectivity index (χ0) is 11.7. The minimum absolute atomic E-state index is 0.642. The van der Waals surface area contributed by atoms with E-state index in [0.717, 1.165) is 3.86 Å². The van der Waals surface area contributed by atoms with Gasteiger partial charge < -0.3 is 0 Å². The fourth-order valence-corrected chi connectivity index (χ4v) is 18.0. The third-order valence-corrected chi connectivity index (χ3v) is 15.2. The van der Waals surface area contributed by atoms with Gasteiger partial charge in [0.1, 0.15) is 0 Å². The number of hydrogen-bond donors (Lipinski definition) is 0. The maximum absolute atomic E-state index is 2.51. The van der Waals surface area contributed by atoms with Crippen LogP contribution >= 0.6 is 0 Å². The summed E-state index contributed by atoms with van der Waals surface area (Å²) in [5, 5.41) is 0. The van der Waals surface area contributed by atoms with Crippen molar-refractivity contribution in [3.05, 3.63) is 0 Å². The summed E-state index contributed by atoms with van der Waals surface area (Å²) >= 11 is -1.19. The molecule has 1 heteroatoms. The van der Waals surface area contributed by atoms with E-state index in [-0.39, 0.29) is 0 Å². The fraction of sp³-hybridized carbons (Fsp3) is 1.00. The van der Waals surface area contributed by atoms with Crippen LogP contribution in [-0.2, 0) is 0 Å². The molecule has 1 rings (SSSR count). The van der Waals surface area contributed by atoms with E-state index in [0.29, 0.717) is 6.72 Å². The average molecular weight is 319 g/mol. The molecule has 0 saturated heterocycles. The summed E-state index contributed by atoms with van der Waals surface area (Å²) in [6.45, 7) is 15.1. The predicted octanol–water partition coefficient (Wildman–Crippen LogP) is 5.42. The van der Waals surface area contributed by atoms with E-state index in [2.05, 4.69) is 41.5 Å². The molecule has 0 radical (unpaired) electrons. The van der Waals surface area contributed by atoms with Gasteiger partial charge in [-0.3, -0.25) is 0 Å². The topological polar surface area (TPSA) is 0 Å². The first-order chi connectivity index (χ1) is 6.73. The fourth-order valence-electron chi connectivity index (χ4n) is 3.44. The van der Waals surface area contributed by atoms with Crippen molar-refractivity contribution in [3.8, 4) is 0 Å². The first-order valence-corrected chi connectivity index (χ1v) is 10.5. The van der Waals surface area contributed by atoms with Gasteiger partial charge in [0, 0.05) is 0 Å². The Kier molecular flexibility index (Phi) is 4.62. The van der Waals surface area contributed by atoms with Gasteiger partial charge in [-0.15, -0.1) is 0 Å². The van der Waals surface area contributed by atoms with Gasteiger partial charge in [0.2, 0.25) is 0 Å². The minimum atomic E-state index is -1.19. The summed E-state index contributed by atoms with van der Waals surface area (Å²) in [5.41, 5.74) is 0. The molecular formula is C14H29Sb. The second-order valence-electron chi connectivity index (χ2n) is 7.00. The molecule has 0 nitrogen and oxygen atoms in total. The van der Waals surface area contributed by atoms with Crippen LogP contribution in [0.3, 0.4) is 0 Å². The zero-order valence-electron chi connectivity index (χ0n) is 11.6. The van der Waals surface area contributed by atoms with Gasteiger partial charge in [-0.1, -0.05) is 0 Å². The van der Waals surface area contributed by atoms with Gasteiger partial charge in [-0.2, -0.15) is 0 Å². The predicted molar refractivity (Wildman–Crippen MR) is 72.0 cm³/mol. The molecule has 1 fully saturated rings. The van der Waals surface area contributed by atoms with Gasteiger partial charge in [0.15, 0.2) is 0 Å². The van der Waals surface area contributed by atoms with E-state index < -0.39 is 20.2 Å². The molecule has 0 unspecified atom stereocenters. The standard InChI is InChI=1S/C6H11.2C4H9.Sb/c1-2-4-6-5-3-1;2*1-4(2)3;/h1H,2-6H2;2*1-3H3;. The Balaban J connectivity index is 2.80. The summed E-state index contributed by atoms with van der Waals surface area (Å²) in [6.07, 6.45) is 7.63. The molecule has 0 N–H and O–H groups in total. The Hall–Kier alpha value is 0.818. The Labute approximate surface area is 104 Å². The average Bonchev–Trinajstić information content (AvgIpc) is 2.00. The summed E-state index contributed by atoms with van der Waals surface area (Å²) in [4.78, 5) is 0. The molecule has 1 aliphatic carbocycles. The Morgan fingerprint density at radius 2 is 1.13 bits per heavy atom. The second kappa shape index (κ2) is 4.99. The molecule has 90 valence electrons. The Morgan fingerprint density at radius 1 is 0.733 bits per heavy atom. The summed E-state index contributed by atoms with van der Waals surface area (Å²) in [5.74, 6) is 0. The van der Waals surface area contributed by atoms with Crippen LogP contribution in [-0.4, -0.2) is 20.2 Å². The van der Waals surface area contributed by atoms with Crippen molar-refractivity contribution in [1.29, 1.82) is 0 Å². The third-order valence-electron chi connectivity index (χ3n) is 3.39. The normalized spacial score (nSPS) is 21.0. The molecule has 0 aromatic carbocycles. The van der Waals surface area contributed by atoms with Crippen LogP contribution in [0, 0.1) is 0 Å². The molecule has 0 amide bonds. The zero-order valence-corrected chi connectivity index (χ0v) is 14.1. The first kappa shape index (κ1) is 13.9. The van der Waals surface area contributed by atoms with E-state index in [4.69, 9.17) is 0 Å². The molecule has 0 aromatic heterocycles. The monoisotopic (exact) mass is 318 g/mol. The van der Waals surface area contributed by atoms with E-state index in [9.17, 15) is 0 Å². The molecule has 0 bridgehead atoms. The van der Waals surface area contributed by atoms with Crippen LogP contribution < -0.4 is 0 Å². The van der Waals surface area contributed by atoms with Crippen molar-refractivity contribution in [2.45, 2.75) is 84.2 Å². The van der Waals surface area contributed by atoms with Gasteiger partial charge in [-0.05, 0) is 0 Å². The molecule has 1 aliphatic rings. The summed E-state index contributed by atoms with van der Waals surface area (Å²) in [6, 6.07) is 0. The van der Waals surface area contributed by atoms with E-state index in [1.165, 1.54) is 19.3 Å². The van der Waals surface area contributed by atoms with Crippen molar-refractivity contribution in [2.24, 2.45) is 0 Å². The molecule has 0 atom stereocenters. The van der Waals surface area contributed by atoms with E-state index >= 15 is 0 Å².